The lowest BCUT2D eigenvalue weighted by molar-refractivity contribution is 0.0911. The van der Waals surface area contributed by atoms with E-state index in [0.29, 0.717) is 39.0 Å². The summed E-state index contributed by atoms with van der Waals surface area (Å²) in [6.45, 7) is -0.406. The van der Waals surface area contributed by atoms with Crippen molar-refractivity contribution in [3.05, 3.63) is 94.9 Å². The van der Waals surface area contributed by atoms with Crippen LogP contribution in [0.4, 0.5) is 8.78 Å². The van der Waals surface area contributed by atoms with Crippen LogP contribution < -0.4 is 5.32 Å². The van der Waals surface area contributed by atoms with Crippen LogP contribution in [0.2, 0.25) is 5.02 Å². The fourth-order valence-electron chi connectivity index (χ4n) is 3.83. The van der Waals surface area contributed by atoms with E-state index in [1.807, 2.05) is 0 Å². The van der Waals surface area contributed by atoms with E-state index in [1.165, 1.54) is 24.3 Å². The third-order valence-corrected chi connectivity index (χ3v) is 5.93. The molecule has 0 saturated carbocycles. The number of pyridine rings is 1. The van der Waals surface area contributed by atoms with Crippen molar-refractivity contribution < 1.29 is 18.7 Å². The number of aliphatic hydroxyl groups excluding tert-OH is 1. The highest BCUT2D eigenvalue weighted by Gasteiger charge is 2.19. The smallest absolute Gasteiger partial charge is 0.268 e. The predicted molar refractivity (Wildman–Crippen MR) is 128 cm³/mol. The number of aromatic amines is 2. The minimum absolute atomic E-state index is 0.105. The van der Waals surface area contributed by atoms with E-state index in [-0.39, 0.29) is 16.5 Å². The van der Waals surface area contributed by atoms with E-state index in [9.17, 15) is 18.7 Å². The molecule has 0 aliphatic heterocycles. The number of rotatable bonds is 6. The molecule has 7 nitrogen and oxygen atoms in total. The van der Waals surface area contributed by atoms with Crippen molar-refractivity contribution in [2.24, 2.45) is 0 Å². The molecular weight excluding hydrogens is 476 g/mol. The van der Waals surface area contributed by atoms with Crippen LogP contribution in [0.5, 0.6) is 0 Å². The summed E-state index contributed by atoms with van der Waals surface area (Å²) < 4.78 is 27.7. The first-order valence-electron chi connectivity index (χ1n) is 10.6. The first kappa shape index (κ1) is 22.7. The Bertz CT molecular complexity index is 1550. The molecule has 0 aliphatic carbocycles. The molecule has 0 radical (unpaired) electrons. The molecule has 176 valence electrons. The highest BCUT2D eigenvalue weighted by molar-refractivity contribution is 6.30. The van der Waals surface area contributed by atoms with E-state index in [2.05, 4.69) is 25.5 Å². The number of nitrogens with zero attached hydrogens (tertiary/aromatic N) is 2. The van der Waals surface area contributed by atoms with Gasteiger partial charge in [0.2, 0.25) is 0 Å². The van der Waals surface area contributed by atoms with Gasteiger partial charge in [0.15, 0.2) is 5.65 Å². The summed E-state index contributed by atoms with van der Waals surface area (Å²) >= 11 is 5.82. The van der Waals surface area contributed by atoms with E-state index in [1.54, 1.807) is 42.7 Å². The number of carbonyl (C=O) groups is 1. The van der Waals surface area contributed by atoms with Crippen LogP contribution in [0.3, 0.4) is 0 Å². The summed E-state index contributed by atoms with van der Waals surface area (Å²) in [6.07, 6.45) is 3.18. The highest BCUT2D eigenvalue weighted by atomic mass is 35.5. The standard InChI is InChI=1S/C25H18ClF2N5O2/c26-18-8-13(5-6-20(18)28)22(12-34)31-25(35)21-9-15(11-29-21)23-17-7-14(10-30-24(17)33-32-23)16-3-1-2-4-19(16)27/h1-11,22,29,34H,12H2,(H,31,35)(H,30,32,33)/t22-/m1/s1. The number of benzene rings is 2. The average molecular weight is 494 g/mol. The molecule has 3 heterocycles. The van der Waals surface area contributed by atoms with Gasteiger partial charge in [-0.2, -0.15) is 5.10 Å². The zero-order chi connectivity index (χ0) is 24.5. The Balaban J connectivity index is 1.42. The van der Waals surface area contributed by atoms with Gasteiger partial charge >= 0.3 is 0 Å². The molecule has 35 heavy (non-hydrogen) atoms. The number of nitrogens with one attached hydrogen (secondary N) is 3. The van der Waals surface area contributed by atoms with Crippen LogP contribution >= 0.6 is 11.6 Å². The lowest BCUT2D eigenvalue weighted by Crippen LogP contribution is -2.31. The van der Waals surface area contributed by atoms with Crippen LogP contribution in [0.1, 0.15) is 22.1 Å². The molecule has 4 N–H and O–H groups in total. The maximum atomic E-state index is 14.3. The average Bonchev–Trinajstić information content (AvgIpc) is 3.51. The van der Waals surface area contributed by atoms with Crippen molar-refractivity contribution in [2.75, 3.05) is 6.61 Å². The number of carbonyl (C=O) groups excluding carboxylic acids is 1. The van der Waals surface area contributed by atoms with Gasteiger partial charge in [0.05, 0.1) is 23.4 Å². The van der Waals surface area contributed by atoms with Crippen molar-refractivity contribution in [1.29, 1.82) is 0 Å². The second-order valence-corrected chi connectivity index (χ2v) is 8.27. The molecule has 1 amide bonds. The van der Waals surface area contributed by atoms with Gasteiger partial charge in [0, 0.05) is 34.5 Å². The maximum absolute atomic E-state index is 14.3. The number of H-pyrrole nitrogens is 2. The van der Waals surface area contributed by atoms with Gasteiger partial charge in [-0.3, -0.25) is 9.89 Å². The van der Waals surface area contributed by atoms with Crippen molar-refractivity contribution >= 4 is 28.5 Å². The number of hydrogen-bond acceptors (Lipinski definition) is 4. The van der Waals surface area contributed by atoms with Gasteiger partial charge in [-0.05, 0) is 35.9 Å². The van der Waals surface area contributed by atoms with Crippen molar-refractivity contribution in [3.63, 3.8) is 0 Å². The molecule has 5 rings (SSSR count). The third kappa shape index (κ3) is 4.39. The van der Waals surface area contributed by atoms with Crippen LogP contribution in [-0.2, 0) is 0 Å². The van der Waals surface area contributed by atoms with Gasteiger partial charge in [-0.25, -0.2) is 13.8 Å². The highest BCUT2D eigenvalue weighted by Crippen LogP contribution is 2.30. The number of hydrogen-bond donors (Lipinski definition) is 4. The van der Waals surface area contributed by atoms with E-state index < -0.39 is 24.4 Å². The molecule has 0 fully saturated rings. The zero-order valence-electron chi connectivity index (χ0n) is 18.0. The Labute approximate surface area is 202 Å². The molecule has 0 unspecified atom stereocenters. The van der Waals surface area contributed by atoms with Crippen LogP contribution in [-0.4, -0.2) is 37.8 Å². The van der Waals surface area contributed by atoms with Crippen molar-refractivity contribution in [1.82, 2.24) is 25.5 Å². The minimum Gasteiger partial charge on any atom is -0.394 e. The molecular formula is C25H18ClF2N5O2. The topological polar surface area (TPSA) is 107 Å². The fourth-order valence-corrected chi connectivity index (χ4v) is 4.02. The predicted octanol–water partition coefficient (Wildman–Crippen LogP) is 5.02. The quantitative estimate of drug-likeness (QED) is 0.266. The Morgan fingerprint density at radius 3 is 2.69 bits per heavy atom. The summed E-state index contributed by atoms with van der Waals surface area (Å²) in [4.78, 5) is 20.0. The summed E-state index contributed by atoms with van der Waals surface area (Å²) in [6, 6.07) is 13.0. The zero-order valence-corrected chi connectivity index (χ0v) is 18.8. The van der Waals surface area contributed by atoms with Crippen LogP contribution in [0.15, 0.2) is 67.0 Å². The first-order chi connectivity index (χ1) is 16.9. The lowest BCUT2D eigenvalue weighted by atomic mass is 10.0. The molecule has 1 atom stereocenters. The normalized spacial score (nSPS) is 12.1. The SMILES string of the molecule is O=C(N[C@H](CO)c1ccc(F)c(Cl)c1)c1cc(-c2[nH]nc3ncc(-c4ccccc4F)cc23)c[nH]1. The largest absolute Gasteiger partial charge is 0.394 e. The van der Waals surface area contributed by atoms with E-state index in [0.717, 1.165) is 0 Å². The minimum atomic E-state index is -0.784. The van der Waals surface area contributed by atoms with Crippen LogP contribution in [0, 0.1) is 11.6 Å². The second-order valence-electron chi connectivity index (χ2n) is 7.86. The molecule has 0 aliphatic rings. The fraction of sp³-hybridized carbons (Fsp3) is 0.0800. The second kappa shape index (κ2) is 9.28. The Hall–Kier alpha value is -4.08. The molecule has 5 aromatic rings. The van der Waals surface area contributed by atoms with Crippen molar-refractivity contribution in [2.45, 2.75) is 6.04 Å². The van der Waals surface area contributed by atoms with Gasteiger partial charge in [-0.15, -0.1) is 0 Å². The van der Waals surface area contributed by atoms with Gasteiger partial charge in [0.25, 0.3) is 5.91 Å². The number of fused-ring (bicyclic) bond motifs is 1. The summed E-state index contributed by atoms with van der Waals surface area (Å²) in [7, 11) is 0. The lowest BCUT2D eigenvalue weighted by Gasteiger charge is -2.16. The Kier molecular flexibility index (Phi) is 6.02. The van der Waals surface area contributed by atoms with Gasteiger partial charge in [0.1, 0.15) is 17.3 Å². The molecule has 10 heteroatoms. The number of halogens is 3. The molecule has 0 saturated heterocycles. The Morgan fingerprint density at radius 1 is 1.09 bits per heavy atom. The molecule has 2 aromatic carbocycles. The molecule has 0 bridgehead atoms. The number of aliphatic hydroxyl groups is 1. The Morgan fingerprint density at radius 2 is 1.91 bits per heavy atom. The maximum Gasteiger partial charge on any atom is 0.268 e. The molecule has 0 spiro atoms. The first-order valence-corrected chi connectivity index (χ1v) is 11.0. The van der Waals surface area contributed by atoms with Gasteiger partial charge < -0.3 is 15.4 Å². The summed E-state index contributed by atoms with van der Waals surface area (Å²) in [5, 5.41) is 20.1. The van der Waals surface area contributed by atoms with E-state index in [4.69, 9.17) is 11.6 Å². The number of amides is 1. The third-order valence-electron chi connectivity index (χ3n) is 5.64. The summed E-state index contributed by atoms with van der Waals surface area (Å²) in [5.74, 6) is -1.43. The van der Waals surface area contributed by atoms with Crippen LogP contribution in [0.25, 0.3) is 33.4 Å². The number of aromatic nitrogens is 4. The van der Waals surface area contributed by atoms with Gasteiger partial charge in [-0.1, -0.05) is 35.9 Å². The monoisotopic (exact) mass is 493 g/mol. The van der Waals surface area contributed by atoms with Crippen molar-refractivity contribution in [3.8, 4) is 22.4 Å². The van der Waals surface area contributed by atoms with E-state index >= 15 is 0 Å². The summed E-state index contributed by atoms with van der Waals surface area (Å²) in [5.41, 5.74) is 3.38. The molecule has 3 aromatic heterocycles.